The SMILES string of the molecule is Cc1c(N)c(=O)oc2cc(C(=O)C(CCCCN)(C(=O)C(N)Cc3ccccc3)N(C(=O)C(N)CCCCN)C(=O)C(N)CCC(=O)O)ccc12. The van der Waals surface area contributed by atoms with Crippen molar-refractivity contribution in [1.82, 2.24) is 4.90 Å². The molecule has 0 aliphatic carbocycles. The number of rotatable bonds is 20. The third-order valence-electron chi connectivity index (χ3n) is 8.98. The summed E-state index contributed by atoms with van der Waals surface area (Å²) < 4.78 is 5.39. The topological polar surface area (TPSA) is 295 Å². The predicted molar refractivity (Wildman–Crippen MR) is 192 cm³/mol. The summed E-state index contributed by atoms with van der Waals surface area (Å²) in [6.07, 6.45) is -0.146. The Labute approximate surface area is 295 Å². The highest BCUT2D eigenvalue weighted by atomic mass is 16.4. The van der Waals surface area contributed by atoms with Gasteiger partial charge in [-0.05, 0) is 82.2 Å². The highest BCUT2D eigenvalue weighted by Gasteiger charge is 2.57. The van der Waals surface area contributed by atoms with Gasteiger partial charge in [0.2, 0.25) is 11.8 Å². The number of hydrogen-bond acceptors (Lipinski definition) is 13. The van der Waals surface area contributed by atoms with Crippen molar-refractivity contribution in [3.63, 3.8) is 0 Å². The molecule has 13 N–H and O–H groups in total. The molecule has 1 aromatic heterocycles. The maximum Gasteiger partial charge on any atom is 0.359 e. The maximum atomic E-state index is 15.2. The summed E-state index contributed by atoms with van der Waals surface area (Å²) in [6.45, 7) is 2.05. The van der Waals surface area contributed by atoms with Gasteiger partial charge in [0.15, 0.2) is 17.1 Å². The molecule has 2 aromatic carbocycles. The quantitative estimate of drug-likeness (QED) is 0.0371. The Bertz CT molecular complexity index is 1780. The number of Topliss-reactive ketones (excluding diaryl/α,β-unsaturated/α-hetero) is 2. The van der Waals surface area contributed by atoms with Gasteiger partial charge in [0.05, 0.1) is 18.1 Å². The van der Waals surface area contributed by atoms with E-state index < -0.39 is 77.9 Å². The number of aliphatic carboxylic acids is 1. The molecule has 4 atom stereocenters. The Balaban J connectivity index is 2.38. The number of carboxylic acid groups (broad SMARTS) is 1. The highest BCUT2D eigenvalue weighted by molar-refractivity contribution is 6.25. The average molecular weight is 708 g/mol. The second-order valence-electron chi connectivity index (χ2n) is 12.7. The number of carboxylic acids is 1. The van der Waals surface area contributed by atoms with Crippen molar-refractivity contribution in [3.8, 4) is 0 Å². The Morgan fingerprint density at radius 3 is 2.06 bits per heavy atom. The largest absolute Gasteiger partial charge is 0.481 e. The van der Waals surface area contributed by atoms with E-state index in [-0.39, 0.29) is 49.1 Å². The molecular weight excluding hydrogens is 658 g/mol. The van der Waals surface area contributed by atoms with E-state index in [1.165, 1.54) is 18.2 Å². The van der Waals surface area contributed by atoms with Gasteiger partial charge in [-0.3, -0.25) is 28.9 Å². The van der Waals surface area contributed by atoms with Crippen LogP contribution in [-0.2, 0) is 25.6 Å². The van der Waals surface area contributed by atoms with Gasteiger partial charge in [0.1, 0.15) is 11.3 Å². The molecule has 0 spiro atoms. The fourth-order valence-electron chi connectivity index (χ4n) is 6.07. The number of carbonyl (C=O) groups excluding carboxylic acids is 4. The van der Waals surface area contributed by atoms with E-state index >= 15 is 9.59 Å². The molecule has 1 heterocycles. The number of nitrogen functional groups attached to an aromatic ring is 1. The van der Waals surface area contributed by atoms with Crippen LogP contribution < -0.4 is 40.0 Å². The van der Waals surface area contributed by atoms with E-state index in [1.807, 2.05) is 0 Å². The molecule has 3 aromatic rings. The lowest BCUT2D eigenvalue weighted by Gasteiger charge is -2.43. The van der Waals surface area contributed by atoms with Crippen LogP contribution in [0.2, 0.25) is 0 Å². The van der Waals surface area contributed by atoms with E-state index in [9.17, 15) is 24.3 Å². The summed E-state index contributed by atoms with van der Waals surface area (Å²) in [6, 6.07) is 8.35. The zero-order valence-electron chi connectivity index (χ0n) is 28.8. The first kappa shape index (κ1) is 40.6. The molecule has 276 valence electrons. The molecule has 3 rings (SSSR count). The normalized spacial score (nSPS) is 14.3. The minimum atomic E-state index is -2.62. The predicted octanol–water partition coefficient (Wildman–Crippen LogP) is 0.877. The van der Waals surface area contributed by atoms with Crippen molar-refractivity contribution in [3.05, 3.63) is 75.6 Å². The summed E-state index contributed by atoms with van der Waals surface area (Å²) in [7, 11) is 0. The number of hydrogen-bond donors (Lipinski definition) is 7. The van der Waals surface area contributed by atoms with Crippen molar-refractivity contribution in [2.75, 3.05) is 18.8 Å². The summed E-state index contributed by atoms with van der Waals surface area (Å²) >= 11 is 0. The maximum absolute atomic E-state index is 15.2. The standard InChI is InChI=1S/C36H49N7O8/c1-21-24-13-12-23(20-28(24)51-35(50)30(21)42)31(46)36(16-6-8-18-38,32(47)27(41)19-22-9-3-2-4-10-22)43(33(48)25(39)11-5-7-17-37)34(49)26(40)14-15-29(44)45/h2-4,9-10,12-13,20,25-27H,5-8,11,14-19,37-42H2,1H3,(H,44,45). The number of ketones is 2. The first-order valence-corrected chi connectivity index (χ1v) is 16.9. The molecule has 0 saturated carbocycles. The number of carbonyl (C=O) groups is 5. The van der Waals surface area contributed by atoms with Crippen LogP contribution in [0.3, 0.4) is 0 Å². The number of nitrogens with zero attached hydrogens (tertiary/aromatic N) is 1. The highest BCUT2D eigenvalue weighted by Crippen LogP contribution is 2.34. The smallest absolute Gasteiger partial charge is 0.359 e. The van der Waals surface area contributed by atoms with E-state index in [4.69, 9.17) is 38.8 Å². The van der Waals surface area contributed by atoms with Gasteiger partial charge in [-0.15, -0.1) is 0 Å². The van der Waals surface area contributed by atoms with Crippen molar-refractivity contribution in [2.45, 2.75) is 88.4 Å². The molecule has 0 saturated heterocycles. The van der Waals surface area contributed by atoms with Crippen LogP contribution in [0.5, 0.6) is 0 Å². The van der Waals surface area contributed by atoms with Crippen molar-refractivity contribution < 1.29 is 33.5 Å². The summed E-state index contributed by atoms with van der Waals surface area (Å²) in [5, 5.41) is 9.74. The van der Waals surface area contributed by atoms with E-state index in [1.54, 1.807) is 37.3 Å². The number of nitrogens with two attached hydrogens (primary N) is 6. The summed E-state index contributed by atoms with van der Waals surface area (Å²) in [5.74, 6) is -5.47. The molecule has 2 amide bonds. The monoisotopic (exact) mass is 707 g/mol. The minimum Gasteiger partial charge on any atom is -0.481 e. The van der Waals surface area contributed by atoms with Crippen LogP contribution in [-0.4, -0.2) is 76.1 Å². The van der Waals surface area contributed by atoms with Crippen molar-refractivity contribution >= 4 is 46.0 Å². The lowest BCUT2D eigenvalue weighted by Crippen LogP contribution is -2.71. The molecule has 15 nitrogen and oxygen atoms in total. The van der Waals surface area contributed by atoms with E-state index in [0.717, 1.165) is 0 Å². The average Bonchev–Trinajstić information content (AvgIpc) is 3.11. The third kappa shape index (κ3) is 9.51. The first-order chi connectivity index (χ1) is 24.2. The number of aryl methyl sites for hydroxylation is 1. The Morgan fingerprint density at radius 2 is 1.45 bits per heavy atom. The molecule has 4 unspecified atom stereocenters. The first-order valence-electron chi connectivity index (χ1n) is 16.9. The number of amides is 2. The lowest BCUT2D eigenvalue weighted by atomic mass is 9.75. The molecule has 15 heteroatoms. The fraction of sp³-hybridized carbons (Fsp3) is 0.444. The van der Waals surface area contributed by atoms with Gasteiger partial charge in [-0.25, -0.2) is 4.79 Å². The van der Waals surface area contributed by atoms with E-state index in [2.05, 4.69) is 0 Å². The van der Waals surface area contributed by atoms with Crippen LogP contribution in [0, 0.1) is 6.92 Å². The van der Waals surface area contributed by atoms with Gasteiger partial charge in [0, 0.05) is 17.4 Å². The zero-order chi connectivity index (χ0) is 37.9. The molecule has 51 heavy (non-hydrogen) atoms. The fourth-order valence-corrected chi connectivity index (χ4v) is 6.07. The van der Waals surface area contributed by atoms with Gasteiger partial charge < -0.3 is 43.9 Å². The molecule has 0 fully saturated rings. The molecular formula is C36H49N7O8. The van der Waals surface area contributed by atoms with E-state index in [0.29, 0.717) is 40.8 Å². The van der Waals surface area contributed by atoms with Gasteiger partial charge in [0.25, 0.3) is 0 Å². The second kappa shape index (κ2) is 18.4. The second-order valence-corrected chi connectivity index (χ2v) is 12.7. The summed E-state index contributed by atoms with van der Waals surface area (Å²) in [4.78, 5) is 83.6. The van der Waals surface area contributed by atoms with Gasteiger partial charge in [-0.1, -0.05) is 48.9 Å². The number of anilines is 1. The molecule has 0 aliphatic rings. The Hall–Kier alpha value is -4.80. The number of imide groups is 1. The van der Waals surface area contributed by atoms with Crippen molar-refractivity contribution in [2.24, 2.45) is 28.7 Å². The van der Waals surface area contributed by atoms with Crippen LogP contribution in [0.1, 0.15) is 72.9 Å². The van der Waals surface area contributed by atoms with Gasteiger partial charge in [-0.2, -0.15) is 0 Å². The van der Waals surface area contributed by atoms with Crippen LogP contribution in [0.25, 0.3) is 11.0 Å². The van der Waals surface area contributed by atoms with Crippen molar-refractivity contribution in [1.29, 1.82) is 0 Å². The molecule has 0 bridgehead atoms. The van der Waals surface area contributed by atoms with Crippen LogP contribution in [0.4, 0.5) is 5.69 Å². The molecule has 0 radical (unpaired) electrons. The third-order valence-corrected chi connectivity index (χ3v) is 8.98. The van der Waals surface area contributed by atoms with Gasteiger partial charge >= 0.3 is 11.6 Å². The number of benzene rings is 2. The zero-order valence-corrected chi connectivity index (χ0v) is 28.8. The lowest BCUT2D eigenvalue weighted by molar-refractivity contribution is -0.158. The number of unbranched alkanes of at least 4 members (excludes halogenated alkanes) is 2. The molecule has 0 aliphatic heterocycles. The van der Waals surface area contributed by atoms with Crippen LogP contribution >= 0.6 is 0 Å². The Kier molecular flexibility index (Phi) is 14.7. The van der Waals surface area contributed by atoms with Crippen LogP contribution in [0.15, 0.2) is 57.7 Å². The number of fused-ring (bicyclic) bond motifs is 1. The summed E-state index contributed by atoms with van der Waals surface area (Å²) in [5.41, 5.74) is 33.8. The Morgan fingerprint density at radius 1 is 0.843 bits per heavy atom. The minimum absolute atomic E-state index is 0.0321.